The van der Waals surface area contributed by atoms with Gasteiger partial charge in [-0.3, -0.25) is 24.4 Å². The molecule has 0 saturated carbocycles. The van der Waals surface area contributed by atoms with E-state index in [4.69, 9.17) is 0 Å². The van der Waals surface area contributed by atoms with E-state index in [1.54, 1.807) is 18.2 Å². The maximum absolute atomic E-state index is 12.6. The Morgan fingerprint density at radius 2 is 2.18 bits per heavy atom. The monoisotopic (exact) mass is 421 g/mol. The predicted octanol–water partition coefficient (Wildman–Crippen LogP) is 2.76. The SMILES string of the molecule is COC(=O)CSc1nc2ccc(NC(=O)c3c([N+](=O)[O-])c(C)nn3C)cc2s1. The maximum atomic E-state index is 12.6. The Morgan fingerprint density at radius 1 is 1.43 bits per heavy atom. The quantitative estimate of drug-likeness (QED) is 0.278. The number of carbonyl (C=O) groups is 2. The van der Waals surface area contributed by atoms with Crippen molar-refractivity contribution in [2.24, 2.45) is 7.05 Å². The average molecular weight is 421 g/mol. The van der Waals surface area contributed by atoms with Crippen molar-refractivity contribution in [3.63, 3.8) is 0 Å². The lowest BCUT2D eigenvalue weighted by Gasteiger charge is -2.05. The normalized spacial score (nSPS) is 10.8. The van der Waals surface area contributed by atoms with Crippen molar-refractivity contribution in [2.75, 3.05) is 18.2 Å². The molecule has 0 aliphatic carbocycles. The van der Waals surface area contributed by atoms with Gasteiger partial charge in [0, 0.05) is 12.7 Å². The van der Waals surface area contributed by atoms with Crippen LogP contribution in [-0.2, 0) is 16.6 Å². The Balaban J connectivity index is 1.82. The van der Waals surface area contributed by atoms with Crippen LogP contribution in [0, 0.1) is 17.0 Å². The number of nitrogens with zero attached hydrogens (tertiary/aromatic N) is 4. The number of rotatable bonds is 6. The van der Waals surface area contributed by atoms with E-state index < -0.39 is 10.8 Å². The number of carbonyl (C=O) groups excluding carboxylic acids is 2. The molecule has 1 amide bonds. The standard InChI is InChI=1S/C16H15N5O5S2/c1-8-13(21(24)25)14(20(2)19-8)15(23)17-9-4-5-10-11(6-9)28-16(18-10)27-7-12(22)26-3/h4-6H,7H2,1-3H3,(H,17,23). The molecule has 10 nitrogen and oxygen atoms in total. The summed E-state index contributed by atoms with van der Waals surface area (Å²) >= 11 is 2.63. The number of nitrogens with one attached hydrogen (secondary N) is 1. The molecule has 12 heteroatoms. The number of nitro groups is 1. The number of benzene rings is 1. The van der Waals surface area contributed by atoms with Gasteiger partial charge >= 0.3 is 11.7 Å². The average Bonchev–Trinajstić information content (AvgIpc) is 3.18. The summed E-state index contributed by atoms with van der Waals surface area (Å²) < 4.78 is 7.30. The van der Waals surface area contributed by atoms with Crippen molar-refractivity contribution in [3.8, 4) is 0 Å². The summed E-state index contributed by atoms with van der Waals surface area (Å²) in [6, 6.07) is 5.11. The van der Waals surface area contributed by atoms with Crippen molar-refractivity contribution >= 4 is 56.6 Å². The molecule has 28 heavy (non-hydrogen) atoms. The lowest BCUT2D eigenvalue weighted by Crippen LogP contribution is -2.17. The van der Waals surface area contributed by atoms with Gasteiger partial charge in [0.15, 0.2) is 4.34 Å². The summed E-state index contributed by atoms with van der Waals surface area (Å²) in [5.41, 5.74) is 0.918. The first-order chi connectivity index (χ1) is 13.3. The number of hydrogen-bond donors (Lipinski definition) is 1. The van der Waals surface area contributed by atoms with E-state index in [1.165, 1.54) is 48.9 Å². The Hall–Kier alpha value is -2.99. The number of anilines is 1. The predicted molar refractivity (Wildman–Crippen MR) is 105 cm³/mol. The lowest BCUT2D eigenvalue weighted by molar-refractivity contribution is -0.385. The number of amides is 1. The lowest BCUT2D eigenvalue weighted by atomic mass is 10.2. The third-order valence-electron chi connectivity index (χ3n) is 3.76. The van der Waals surface area contributed by atoms with Crippen molar-refractivity contribution < 1.29 is 19.2 Å². The van der Waals surface area contributed by atoms with E-state index in [-0.39, 0.29) is 28.8 Å². The highest BCUT2D eigenvalue weighted by molar-refractivity contribution is 8.01. The number of thioether (sulfide) groups is 1. The summed E-state index contributed by atoms with van der Waals surface area (Å²) in [4.78, 5) is 38.9. The van der Waals surface area contributed by atoms with Crippen LogP contribution in [0.25, 0.3) is 10.2 Å². The van der Waals surface area contributed by atoms with Gasteiger partial charge < -0.3 is 10.1 Å². The second kappa shape index (κ2) is 7.94. The zero-order valence-corrected chi connectivity index (χ0v) is 16.7. The highest BCUT2D eigenvalue weighted by Crippen LogP contribution is 2.31. The van der Waals surface area contributed by atoms with Crippen molar-refractivity contribution in [1.29, 1.82) is 0 Å². The van der Waals surface area contributed by atoms with Crippen LogP contribution in [0.4, 0.5) is 11.4 Å². The van der Waals surface area contributed by atoms with Gasteiger partial charge in [0.1, 0.15) is 5.69 Å². The molecule has 2 heterocycles. The number of esters is 1. The molecule has 0 atom stereocenters. The molecular formula is C16H15N5O5S2. The number of thiazole rings is 1. The van der Waals surface area contributed by atoms with Gasteiger partial charge in [0.2, 0.25) is 5.69 Å². The van der Waals surface area contributed by atoms with Gasteiger partial charge in [-0.15, -0.1) is 11.3 Å². The fourth-order valence-corrected chi connectivity index (χ4v) is 4.47. The molecule has 3 aromatic rings. The summed E-state index contributed by atoms with van der Waals surface area (Å²) in [7, 11) is 2.80. The first kappa shape index (κ1) is 19.8. The number of ether oxygens (including phenoxy) is 1. The van der Waals surface area contributed by atoms with Gasteiger partial charge in [-0.25, -0.2) is 4.98 Å². The van der Waals surface area contributed by atoms with Crippen LogP contribution in [0.15, 0.2) is 22.5 Å². The number of hydrogen-bond acceptors (Lipinski definition) is 9. The van der Waals surface area contributed by atoms with Crippen molar-refractivity contribution in [1.82, 2.24) is 14.8 Å². The van der Waals surface area contributed by atoms with Gasteiger partial charge in [-0.1, -0.05) is 11.8 Å². The fourth-order valence-electron chi connectivity index (χ4n) is 2.53. The highest BCUT2D eigenvalue weighted by atomic mass is 32.2. The minimum atomic E-state index is -0.626. The van der Waals surface area contributed by atoms with Gasteiger partial charge in [-0.2, -0.15) is 5.10 Å². The fraction of sp³-hybridized carbons (Fsp3) is 0.250. The molecule has 0 aliphatic heterocycles. The molecule has 0 unspecified atom stereocenters. The third-order valence-corrected chi connectivity index (χ3v) is 5.89. The summed E-state index contributed by atoms with van der Waals surface area (Å²) in [6.07, 6.45) is 0. The van der Waals surface area contributed by atoms with E-state index in [2.05, 4.69) is 20.1 Å². The van der Waals surface area contributed by atoms with Crippen LogP contribution in [-0.4, -0.2) is 44.4 Å². The van der Waals surface area contributed by atoms with E-state index in [0.717, 1.165) is 10.2 Å². The Kier molecular flexibility index (Phi) is 5.61. The molecule has 1 aromatic carbocycles. The van der Waals surface area contributed by atoms with E-state index >= 15 is 0 Å². The summed E-state index contributed by atoms with van der Waals surface area (Å²) in [5.74, 6) is -0.812. The molecule has 0 bridgehead atoms. The topological polar surface area (TPSA) is 129 Å². The number of aryl methyl sites for hydroxylation is 2. The van der Waals surface area contributed by atoms with Crippen molar-refractivity contribution in [2.45, 2.75) is 11.3 Å². The zero-order valence-electron chi connectivity index (χ0n) is 15.1. The zero-order chi connectivity index (χ0) is 20.4. The first-order valence-electron chi connectivity index (χ1n) is 7.89. The minimum Gasteiger partial charge on any atom is -0.468 e. The Labute approximate surface area is 167 Å². The van der Waals surface area contributed by atoms with Gasteiger partial charge in [0.05, 0.1) is 28.0 Å². The molecule has 0 spiro atoms. The summed E-state index contributed by atoms with van der Waals surface area (Å²) in [5, 5.41) is 17.9. The highest BCUT2D eigenvalue weighted by Gasteiger charge is 2.29. The van der Waals surface area contributed by atoms with E-state index in [0.29, 0.717) is 10.0 Å². The Morgan fingerprint density at radius 3 is 2.86 bits per heavy atom. The molecule has 0 radical (unpaired) electrons. The molecule has 3 rings (SSSR count). The first-order valence-corrected chi connectivity index (χ1v) is 9.70. The second-order valence-corrected chi connectivity index (χ2v) is 7.90. The molecule has 2 aromatic heterocycles. The van der Waals surface area contributed by atoms with Crippen LogP contribution in [0.1, 0.15) is 16.2 Å². The molecule has 1 N–H and O–H groups in total. The van der Waals surface area contributed by atoms with E-state index in [9.17, 15) is 19.7 Å². The number of methoxy groups -OCH3 is 1. The van der Waals surface area contributed by atoms with Crippen LogP contribution in [0.5, 0.6) is 0 Å². The third kappa shape index (κ3) is 3.97. The Bertz CT molecular complexity index is 1090. The maximum Gasteiger partial charge on any atom is 0.322 e. The summed E-state index contributed by atoms with van der Waals surface area (Å²) in [6.45, 7) is 1.48. The second-order valence-electron chi connectivity index (χ2n) is 5.64. The number of aromatic nitrogens is 3. The minimum absolute atomic E-state index is 0.124. The number of fused-ring (bicyclic) bond motifs is 1. The van der Waals surface area contributed by atoms with Crippen LogP contribution < -0.4 is 5.32 Å². The smallest absolute Gasteiger partial charge is 0.322 e. The molecule has 0 fully saturated rings. The van der Waals surface area contributed by atoms with Crippen molar-refractivity contribution in [3.05, 3.63) is 39.7 Å². The molecule has 0 saturated heterocycles. The largest absolute Gasteiger partial charge is 0.468 e. The van der Waals surface area contributed by atoms with Gasteiger partial charge in [0.25, 0.3) is 5.91 Å². The van der Waals surface area contributed by atoms with Gasteiger partial charge in [-0.05, 0) is 25.1 Å². The van der Waals surface area contributed by atoms with Crippen LogP contribution in [0.3, 0.4) is 0 Å². The molecule has 146 valence electrons. The van der Waals surface area contributed by atoms with Crippen LogP contribution >= 0.6 is 23.1 Å². The molecular weight excluding hydrogens is 406 g/mol. The van der Waals surface area contributed by atoms with E-state index in [1.807, 2.05) is 0 Å². The van der Waals surface area contributed by atoms with Crippen LogP contribution in [0.2, 0.25) is 0 Å². The molecule has 0 aliphatic rings.